The van der Waals surface area contributed by atoms with E-state index < -0.39 is 24.0 Å². The summed E-state index contributed by atoms with van der Waals surface area (Å²) in [5.74, 6) is -1.05. The maximum atomic E-state index is 12.1. The van der Waals surface area contributed by atoms with Gasteiger partial charge in [0.1, 0.15) is 11.8 Å². The van der Waals surface area contributed by atoms with Gasteiger partial charge >= 0.3 is 5.97 Å². The van der Waals surface area contributed by atoms with Gasteiger partial charge in [0.05, 0.1) is 0 Å². The quantitative estimate of drug-likeness (QED) is 0.889. The van der Waals surface area contributed by atoms with Crippen LogP contribution in [-0.4, -0.2) is 29.1 Å². The van der Waals surface area contributed by atoms with Gasteiger partial charge in [0, 0.05) is 11.4 Å². The van der Waals surface area contributed by atoms with Crippen LogP contribution < -0.4 is 10.1 Å². The van der Waals surface area contributed by atoms with E-state index in [-0.39, 0.29) is 5.92 Å². The van der Waals surface area contributed by atoms with Crippen LogP contribution in [0.3, 0.4) is 0 Å². The van der Waals surface area contributed by atoms with Gasteiger partial charge in [0.25, 0.3) is 5.91 Å². The van der Waals surface area contributed by atoms with Crippen LogP contribution >= 0.6 is 11.6 Å². The van der Waals surface area contributed by atoms with Gasteiger partial charge in [0.2, 0.25) is 0 Å². The summed E-state index contributed by atoms with van der Waals surface area (Å²) in [5, 5.41) is 12.2. The van der Waals surface area contributed by atoms with Crippen molar-refractivity contribution < 1.29 is 19.4 Å². The zero-order chi connectivity index (χ0) is 14.9. The molecule has 1 aromatic carbocycles. The number of rotatable bonds is 4. The first-order chi connectivity index (χ1) is 9.38. The molecule has 108 valence electrons. The zero-order valence-corrected chi connectivity index (χ0v) is 12.0. The zero-order valence-electron chi connectivity index (χ0n) is 11.2. The number of halogens is 1. The Morgan fingerprint density at radius 2 is 2.15 bits per heavy atom. The molecule has 20 heavy (non-hydrogen) atoms. The molecule has 0 spiro atoms. The number of nitrogens with one attached hydrogen (secondary N) is 1. The Morgan fingerprint density at radius 1 is 1.45 bits per heavy atom. The van der Waals surface area contributed by atoms with E-state index in [0.717, 1.165) is 5.56 Å². The second-order valence-electron chi connectivity index (χ2n) is 5.13. The van der Waals surface area contributed by atoms with Crippen molar-refractivity contribution in [2.45, 2.75) is 32.4 Å². The van der Waals surface area contributed by atoms with Crippen LogP contribution in [0.2, 0.25) is 5.02 Å². The number of ether oxygens (including phenoxy) is 1. The first-order valence-corrected chi connectivity index (χ1v) is 6.74. The third-order valence-electron chi connectivity index (χ3n) is 3.22. The Kier molecular flexibility index (Phi) is 4.18. The normalized spacial score (nSPS) is 18.3. The first kappa shape index (κ1) is 14.7. The smallest absolute Gasteiger partial charge is 0.326 e. The number of hydrogen-bond donors (Lipinski definition) is 2. The van der Waals surface area contributed by atoms with E-state index in [2.05, 4.69) is 5.32 Å². The van der Waals surface area contributed by atoms with E-state index in [1.807, 2.05) is 0 Å². The SMILES string of the molecule is CC(C)[C@H](NC(=O)[C@H]1Cc2cc(Cl)ccc2O1)C(=O)O. The number of amides is 1. The summed E-state index contributed by atoms with van der Waals surface area (Å²) in [7, 11) is 0. The first-order valence-electron chi connectivity index (χ1n) is 6.36. The van der Waals surface area contributed by atoms with Crippen molar-refractivity contribution in [3.63, 3.8) is 0 Å². The fourth-order valence-electron chi connectivity index (χ4n) is 2.12. The molecule has 0 saturated carbocycles. The number of carboxylic acid groups (broad SMARTS) is 1. The molecule has 0 fully saturated rings. The molecule has 0 bridgehead atoms. The highest BCUT2D eigenvalue weighted by molar-refractivity contribution is 6.30. The van der Waals surface area contributed by atoms with Crippen molar-refractivity contribution in [1.82, 2.24) is 5.32 Å². The van der Waals surface area contributed by atoms with Crippen LogP contribution in [0.4, 0.5) is 0 Å². The molecule has 0 aromatic heterocycles. The van der Waals surface area contributed by atoms with E-state index in [1.165, 1.54) is 0 Å². The molecule has 1 aromatic rings. The minimum Gasteiger partial charge on any atom is -0.480 e. The molecule has 0 aliphatic carbocycles. The Labute approximate surface area is 121 Å². The molecule has 1 heterocycles. The van der Waals surface area contributed by atoms with Crippen LogP contribution in [0.5, 0.6) is 5.75 Å². The molecule has 6 heteroatoms. The fraction of sp³-hybridized carbons (Fsp3) is 0.429. The standard InChI is InChI=1S/C14H16ClNO4/c1-7(2)12(14(18)19)16-13(17)11-6-8-5-9(15)3-4-10(8)20-11/h3-5,7,11-12H,6H2,1-2H3,(H,16,17)(H,18,19)/t11-,12+/m1/s1. The van der Waals surface area contributed by atoms with E-state index in [9.17, 15) is 9.59 Å². The number of benzene rings is 1. The summed E-state index contributed by atoms with van der Waals surface area (Å²) in [6.07, 6.45) is -0.310. The molecule has 1 aliphatic rings. The summed E-state index contributed by atoms with van der Waals surface area (Å²) in [6.45, 7) is 3.48. The lowest BCUT2D eigenvalue weighted by molar-refractivity contribution is -0.144. The molecular weight excluding hydrogens is 282 g/mol. The van der Waals surface area contributed by atoms with Gasteiger partial charge in [0.15, 0.2) is 6.10 Å². The van der Waals surface area contributed by atoms with Gasteiger partial charge in [-0.2, -0.15) is 0 Å². The third kappa shape index (κ3) is 3.04. The van der Waals surface area contributed by atoms with Crippen LogP contribution in [-0.2, 0) is 16.0 Å². The number of fused-ring (bicyclic) bond motifs is 1. The van der Waals surface area contributed by atoms with Crippen LogP contribution in [0.15, 0.2) is 18.2 Å². The summed E-state index contributed by atoms with van der Waals surface area (Å²) < 4.78 is 5.52. The van der Waals surface area contributed by atoms with Crippen molar-refractivity contribution in [3.8, 4) is 5.75 Å². The summed E-state index contributed by atoms with van der Waals surface area (Å²) in [4.78, 5) is 23.2. The number of carbonyl (C=O) groups excluding carboxylic acids is 1. The highest BCUT2D eigenvalue weighted by Gasteiger charge is 2.32. The predicted octanol–water partition coefficient (Wildman–Crippen LogP) is 1.87. The second kappa shape index (κ2) is 5.71. The van der Waals surface area contributed by atoms with E-state index in [0.29, 0.717) is 17.2 Å². The summed E-state index contributed by atoms with van der Waals surface area (Å²) in [6, 6.07) is 4.23. The van der Waals surface area contributed by atoms with Crippen molar-refractivity contribution in [3.05, 3.63) is 28.8 Å². The number of aliphatic carboxylic acids is 1. The van der Waals surface area contributed by atoms with Gasteiger partial charge in [-0.1, -0.05) is 25.4 Å². The molecule has 2 N–H and O–H groups in total. The molecule has 5 nitrogen and oxygen atoms in total. The topological polar surface area (TPSA) is 75.6 Å². The number of carbonyl (C=O) groups is 2. The monoisotopic (exact) mass is 297 g/mol. The molecule has 0 unspecified atom stereocenters. The van der Waals surface area contributed by atoms with Crippen LogP contribution in [0.25, 0.3) is 0 Å². The highest BCUT2D eigenvalue weighted by Crippen LogP contribution is 2.31. The maximum Gasteiger partial charge on any atom is 0.326 e. The second-order valence-corrected chi connectivity index (χ2v) is 5.57. The van der Waals surface area contributed by atoms with Crippen LogP contribution in [0.1, 0.15) is 19.4 Å². The summed E-state index contributed by atoms with van der Waals surface area (Å²) >= 11 is 5.88. The van der Waals surface area contributed by atoms with Gasteiger partial charge in [-0.25, -0.2) is 4.79 Å². The van der Waals surface area contributed by atoms with Crippen molar-refractivity contribution in [2.24, 2.45) is 5.92 Å². The van der Waals surface area contributed by atoms with Gasteiger partial charge in [-0.3, -0.25) is 4.79 Å². The maximum absolute atomic E-state index is 12.1. The van der Waals surface area contributed by atoms with Crippen LogP contribution in [0, 0.1) is 5.92 Å². The highest BCUT2D eigenvalue weighted by atomic mass is 35.5. The third-order valence-corrected chi connectivity index (χ3v) is 3.46. The Hall–Kier alpha value is -1.75. The number of hydrogen-bond acceptors (Lipinski definition) is 3. The fourth-order valence-corrected chi connectivity index (χ4v) is 2.32. The minimum absolute atomic E-state index is 0.199. The molecule has 0 saturated heterocycles. The van der Waals surface area contributed by atoms with Crippen molar-refractivity contribution >= 4 is 23.5 Å². The largest absolute Gasteiger partial charge is 0.480 e. The lowest BCUT2D eigenvalue weighted by atomic mass is 10.0. The Bertz CT molecular complexity index is 544. The van der Waals surface area contributed by atoms with Crippen molar-refractivity contribution in [2.75, 3.05) is 0 Å². The van der Waals surface area contributed by atoms with Crippen molar-refractivity contribution in [1.29, 1.82) is 0 Å². The lowest BCUT2D eigenvalue weighted by Gasteiger charge is -2.20. The van der Waals surface area contributed by atoms with E-state index in [1.54, 1.807) is 32.0 Å². The number of carboxylic acids is 1. The van der Waals surface area contributed by atoms with Gasteiger partial charge in [-0.15, -0.1) is 0 Å². The minimum atomic E-state index is -1.05. The molecule has 2 rings (SSSR count). The van der Waals surface area contributed by atoms with E-state index >= 15 is 0 Å². The molecule has 1 amide bonds. The average Bonchev–Trinajstić information content (AvgIpc) is 2.77. The Morgan fingerprint density at radius 3 is 2.75 bits per heavy atom. The summed E-state index contributed by atoms with van der Waals surface area (Å²) in [5.41, 5.74) is 0.856. The lowest BCUT2D eigenvalue weighted by Crippen LogP contribution is -2.49. The molecule has 2 atom stereocenters. The van der Waals surface area contributed by atoms with Gasteiger partial charge in [-0.05, 0) is 29.7 Å². The Balaban J connectivity index is 2.04. The van der Waals surface area contributed by atoms with Gasteiger partial charge < -0.3 is 15.2 Å². The predicted molar refractivity (Wildman–Crippen MR) is 74.0 cm³/mol. The molecular formula is C14H16ClNO4. The molecule has 0 radical (unpaired) electrons. The molecule has 1 aliphatic heterocycles. The van der Waals surface area contributed by atoms with E-state index in [4.69, 9.17) is 21.4 Å². The average molecular weight is 298 g/mol.